The minimum absolute atomic E-state index is 0.0824. The number of nitrogens with zero attached hydrogens (tertiary/aromatic N) is 3. The van der Waals surface area contributed by atoms with Crippen molar-refractivity contribution < 1.29 is 14.3 Å². The van der Waals surface area contributed by atoms with Crippen LogP contribution >= 0.6 is 27.7 Å². The number of carbonyl (C=O) groups is 1. The van der Waals surface area contributed by atoms with E-state index in [0.717, 1.165) is 21.2 Å². The van der Waals surface area contributed by atoms with Crippen LogP contribution in [0.4, 0.5) is 0 Å². The molecule has 1 aliphatic heterocycles. The van der Waals surface area contributed by atoms with E-state index in [0.29, 0.717) is 21.4 Å². The van der Waals surface area contributed by atoms with Crippen molar-refractivity contribution in [3.63, 3.8) is 0 Å². The van der Waals surface area contributed by atoms with E-state index in [2.05, 4.69) is 38.3 Å². The van der Waals surface area contributed by atoms with Crippen molar-refractivity contribution in [3.8, 4) is 16.9 Å². The molecule has 6 nitrogen and oxygen atoms in total. The number of phenolic OH excluding ortho intramolecular Hbond substituents is 1. The molecule has 0 atom stereocenters. The Hall–Kier alpha value is -3.88. The Kier molecular flexibility index (Phi) is 7.16. The summed E-state index contributed by atoms with van der Waals surface area (Å²) >= 11 is 4.60. The fourth-order valence-corrected chi connectivity index (χ4v) is 4.90. The van der Waals surface area contributed by atoms with Crippen LogP contribution in [0.25, 0.3) is 17.2 Å². The molecule has 1 N–H and O–H groups in total. The first kappa shape index (κ1) is 23.8. The van der Waals surface area contributed by atoms with E-state index in [9.17, 15) is 9.90 Å². The molecule has 36 heavy (non-hydrogen) atoms. The molecular formula is C28H20BrN3O3S. The fourth-order valence-electron chi connectivity index (χ4n) is 3.60. The van der Waals surface area contributed by atoms with Gasteiger partial charge in [0.2, 0.25) is 0 Å². The number of benzene rings is 3. The molecule has 0 spiro atoms. The molecule has 4 aromatic rings. The highest BCUT2D eigenvalue weighted by Crippen LogP contribution is 2.35. The van der Waals surface area contributed by atoms with Gasteiger partial charge in [0.25, 0.3) is 5.91 Å². The number of amides is 1. The third kappa shape index (κ3) is 5.50. The number of thioether (sulfide) groups is 1. The van der Waals surface area contributed by atoms with Gasteiger partial charge in [0.1, 0.15) is 11.5 Å². The Labute approximate surface area is 220 Å². The minimum atomic E-state index is -0.239. The number of furan rings is 1. The molecule has 0 radical (unpaired) electrons. The van der Waals surface area contributed by atoms with E-state index in [1.54, 1.807) is 48.9 Å². The third-order valence-corrected chi connectivity index (χ3v) is 6.92. The largest absolute Gasteiger partial charge is 0.507 e. The fraction of sp³-hybridized carbons (Fsp3) is 0.0357. The number of hydrogen-bond donors (Lipinski definition) is 1. The second-order valence-corrected chi connectivity index (χ2v) is 9.82. The monoisotopic (exact) mass is 557 g/mol. The van der Waals surface area contributed by atoms with Crippen LogP contribution in [0, 0.1) is 0 Å². The Morgan fingerprint density at radius 3 is 2.50 bits per heavy atom. The molecule has 1 fully saturated rings. The number of amidine groups is 1. The predicted molar refractivity (Wildman–Crippen MR) is 148 cm³/mol. The number of phenols is 1. The maximum atomic E-state index is 13.2. The molecule has 0 bridgehead atoms. The molecule has 1 aliphatic rings. The summed E-state index contributed by atoms with van der Waals surface area (Å²) in [6, 6.07) is 26.8. The normalized spacial score (nSPS) is 16.0. The van der Waals surface area contributed by atoms with Gasteiger partial charge in [-0.25, -0.2) is 0 Å². The van der Waals surface area contributed by atoms with Crippen LogP contribution in [0.2, 0.25) is 0 Å². The number of hydrogen-bond acceptors (Lipinski definition) is 6. The van der Waals surface area contributed by atoms with E-state index in [-0.39, 0.29) is 18.2 Å². The Balaban J connectivity index is 1.39. The maximum Gasteiger partial charge on any atom is 0.267 e. The summed E-state index contributed by atoms with van der Waals surface area (Å²) in [7, 11) is 0. The van der Waals surface area contributed by atoms with E-state index in [1.165, 1.54) is 16.7 Å². The number of carbonyl (C=O) groups excluding carboxylic acids is 1. The molecule has 0 aliphatic carbocycles. The molecule has 1 amide bonds. The van der Waals surface area contributed by atoms with Crippen molar-refractivity contribution in [1.29, 1.82) is 0 Å². The van der Waals surface area contributed by atoms with Crippen molar-refractivity contribution in [2.45, 2.75) is 6.54 Å². The van der Waals surface area contributed by atoms with Gasteiger partial charge in [-0.3, -0.25) is 9.69 Å². The number of aromatic hydroxyl groups is 1. The average molecular weight is 558 g/mol. The Bertz CT molecular complexity index is 1460. The lowest BCUT2D eigenvalue weighted by atomic mass is 10.0. The quantitative estimate of drug-likeness (QED) is 0.158. The van der Waals surface area contributed by atoms with Crippen molar-refractivity contribution in [1.82, 2.24) is 4.90 Å². The van der Waals surface area contributed by atoms with Crippen molar-refractivity contribution in [2.24, 2.45) is 10.2 Å². The molecule has 178 valence electrons. The van der Waals surface area contributed by atoms with E-state index >= 15 is 0 Å². The summed E-state index contributed by atoms with van der Waals surface area (Å²) < 4.78 is 6.24. The van der Waals surface area contributed by atoms with Crippen LogP contribution in [0.15, 0.2) is 115 Å². The zero-order chi connectivity index (χ0) is 24.9. The van der Waals surface area contributed by atoms with Gasteiger partial charge in [-0.15, -0.1) is 5.10 Å². The van der Waals surface area contributed by atoms with Crippen LogP contribution in [0.5, 0.6) is 5.75 Å². The summed E-state index contributed by atoms with van der Waals surface area (Å²) in [6.07, 6.45) is 4.86. The molecular weight excluding hydrogens is 538 g/mol. The first-order valence-electron chi connectivity index (χ1n) is 11.1. The smallest absolute Gasteiger partial charge is 0.267 e. The molecule has 8 heteroatoms. The van der Waals surface area contributed by atoms with Gasteiger partial charge in [-0.1, -0.05) is 70.5 Å². The van der Waals surface area contributed by atoms with E-state index in [4.69, 9.17) is 4.42 Å². The summed E-state index contributed by atoms with van der Waals surface area (Å²) in [4.78, 5) is 15.2. The van der Waals surface area contributed by atoms with Gasteiger partial charge in [0, 0.05) is 10.0 Å². The van der Waals surface area contributed by atoms with E-state index in [1.807, 2.05) is 42.5 Å². The van der Waals surface area contributed by atoms with Gasteiger partial charge < -0.3 is 9.52 Å². The summed E-state index contributed by atoms with van der Waals surface area (Å²) in [5.41, 5.74) is 3.68. The van der Waals surface area contributed by atoms with Crippen LogP contribution in [-0.2, 0) is 11.3 Å². The Morgan fingerprint density at radius 1 is 0.972 bits per heavy atom. The highest BCUT2D eigenvalue weighted by Gasteiger charge is 2.34. The molecule has 1 saturated heterocycles. The maximum absolute atomic E-state index is 13.2. The Morgan fingerprint density at radius 2 is 1.75 bits per heavy atom. The van der Waals surface area contributed by atoms with E-state index < -0.39 is 0 Å². The van der Waals surface area contributed by atoms with Crippen LogP contribution in [0.3, 0.4) is 0 Å². The van der Waals surface area contributed by atoms with Gasteiger partial charge >= 0.3 is 0 Å². The molecule has 2 heterocycles. The van der Waals surface area contributed by atoms with Crippen LogP contribution in [0.1, 0.15) is 16.9 Å². The highest BCUT2D eigenvalue weighted by atomic mass is 79.9. The topological polar surface area (TPSA) is 78.4 Å². The molecule has 0 saturated carbocycles. The first-order chi connectivity index (χ1) is 17.6. The highest BCUT2D eigenvalue weighted by molar-refractivity contribution is 9.10. The first-order valence-corrected chi connectivity index (χ1v) is 12.7. The molecule has 5 rings (SSSR count). The second kappa shape index (κ2) is 10.8. The SMILES string of the molecule is O=C1/C(=C/c2cc(Br)ccc2O)S/C(=N/N=C\c2ccc(-c3ccccc3)cc2)N1Cc1ccco1. The van der Waals surface area contributed by atoms with Gasteiger partial charge in [-0.05, 0) is 64.9 Å². The van der Waals surface area contributed by atoms with Crippen LogP contribution < -0.4 is 0 Å². The lowest BCUT2D eigenvalue weighted by Gasteiger charge is -2.12. The van der Waals surface area contributed by atoms with Gasteiger partial charge in [0.15, 0.2) is 5.17 Å². The summed E-state index contributed by atoms with van der Waals surface area (Å²) in [5.74, 6) is 0.472. The average Bonchev–Trinajstić information content (AvgIpc) is 3.51. The lowest BCUT2D eigenvalue weighted by molar-refractivity contribution is -0.122. The molecule has 3 aromatic carbocycles. The molecule has 1 aromatic heterocycles. The van der Waals surface area contributed by atoms with Crippen LogP contribution in [-0.4, -0.2) is 27.3 Å². The molecule has 0 unspecified atom stereocenters. The summed E-state index contributed by atoms with van der Waals surface area (Å²) in [6.45, 7) is 0.223. The van der Waals surface area contributed by atoms with Crippen molar-refractivity contribution in [3.05, 3.63) is 117 Å². The number of halogens is 1. The lowest BCUT2D eigenvalue weighted by Crippen LogP contribution is -2.28. The zero-order valence-electron chi connectivity index (χ0n) is 18.9. The number of rotatable bonds is 6. The standard InChI is InChI=1S/C28H20BrN3O3S/c29-23-12-13-25(33)22(15-23)16-26-27(34)32(18-24-7-4-14-35-24)28(36-26)31-30-17-19-8-10-21(11-9-19)20-5-2-1-3-6-20/h1-17,33H,18H2/b26-16-,30-17-,31-28+. The van der Waals surface area contributed by atoms with Gasteiger partial charge in [0.05, 0.1) is 23.9 Å². The summed E-state index contributed by atoms with van der Waals surface area (Å²) in [5, 5.41) is 19.2. The second-order valence-electron chi connectivity index (χ2n) is 7.90. The minimum Gasteiger partial charge on any atom is -0.507 e. The zero-order valence-corrected chi connectivity index (χ0v) is 21.3. The predicted octanol–water partition coefficient (Wildman–Crippen LogP) is 6.92. The van der Waals surface area contributed by atoms with Crippen molar-refractivity contribution >= 4 is 51.1 Å². The van der Waals surface area contributed by atoms with Crippen molar-refractivity contribution in [2.75, 3.05) is 0 Å². The van der Waals surface area contributed by atoms with Gasteiger partial charge in [-0.2, -0.15) is 5.10 Å². The third-order valence-electron chi connectivity index (χ3n) is 5.43.